The average molecular weight is 260 g/mol. The number of carboxylic acids is 3. The summed E-state index contributed by atoms with van der Waals surface area (Å²) in [6, 6.07) is 0. The van der Waals surface area contributed by atoms with E-state index in [0.717, 1.165) is 0 Å². The Morgan fingerprint density at radius 1 is 0.944 bits per heavy atom. The quantitative estimate of drug-likeness (QED) is 0.387. The molecule has 0 spiro atoms. The number of rotatable bonds is 7. The highest BCUT2D eigenvalue weighted by Crippen LogP contribution is 2.03. The van der Waals surface area contributed by atoms with Gasteiger partial charge in [0.25, 0.3) is 0 Å². The summed E-state index contributed by atoms with van der Waals surface area (Å²) >= 11 is 0. The molecule has 18 heavy (non-hydrogen) atoms. The Morgan fingerprint density at radius 2 is 1.39 bits per heavy atom. The normalized spacial score (nSPS) is 9.39. The zero-order valence-corrected chi connectivity index (χ0v) is 9.70. The van der Waals surface area contributed by atoms with Crippen LogP contribution in [0.25, 0.3) is 0 Å². The first kappa shape index (κ1) is 18.2. The molecule has 0 saturated heterocycles. The summed E-state index contributed by atoms with van der Waals surface area (Å²) in [6.45, 7) is 3.46. The predicted octanol–water partition coefficient (Wildman–Crippen LogP) is 0.502. The van der Waals surface area contributed by atoms with Crippen molar-refractivity contribution in [3.63, 3.8) is 0 Å². The van der Waals surface area contributed by atoms with Gasteiger partial charge in [-0.2, -0.15) is 0 Å². The summed E-state index contributed by atoms with van der Waals surface area (Å²) < 4.78 is 0. The largest absolute Gasteiger partial charge is 0.478 e. The van der Waals surface area contributed by atoms with Gasteiger partial charge in [-0.05, 0) is 19.3 Å². The molecule has 0 aliphatic rings. The summed E-state index contributed by atoms with van der Waals surface area (Å²) in [7, 11) is 0. The standard InChI is InChI=1S/C7H12O3.C4H4O4/c1-6(7(9)10)4-2-3-5-8;5-3(6)1-2-4(7)8/h8H,1-5H2,(H,9,10);1-2H,(H,5,6)(H,7,8)/b;2-1-. The van der Waals surface area contributed by atoms with Crippen molar-refractivity contribution in [3.05, 3.63) is 24.3 Å². The fourth-order valence-electron chi connectivity index (χ4n) is 0.700. The van der Waals surface area contributed by atoms with Crippen LogP contribution in [0.3, 0.4) is 0 Å². The van der Waals surface area contributed by atoms with E-state index in [0.29, 0.717) is 31.4 Å². The van der Waals surface area contributed by atoms with Crippen LogP contribution in [0.2, 0.25) is 0 Å². The molecule has 0 heterocycles. The first-order valence-electron chi connectivity index (χ1n) is 4.97. The predicted molar refractivity (Wildman–Crippen MR) is 62.1 cm³/mol. The Morgan fingerprint density at radius 3 is 1.67 bits per heavy atom. The Labute approximate surface area is 104 Å². The second-order valence-electron chi connectivity index (χ2n) is 3.10. The van der Waals surface area contributed by atoms with E-state index in [1.54, 1.807) is 0 Å². The Kier molecular flexibility index (Phi) is 11.5. The molecule has 0 atom stereocenters. The Balaban J connectivity index is 0. The molecule has 0 aliphatic carbocycles. The summed E-state index contributed by atoms with van der Waals surface area (Å²) in [5, 5.41) is 32.3. The van der Waals surface area contributed by atoms with Crippen LogP contribution in [0.4, 0.5) is 0 Å². The van der Waals surface area contributed by atoms with E-state index in [4.69, 9.17) is 20.4 Å². The molecule has 7 heteroatoms. The van der Waals surface area contributed by atoms with Crippen molar-refractivity contribution in [2.75, 3.05) is 6.61 Å². The van der Waals surface area contributed by atoms with Crippen molar-refractivity contribution >= 4 is 17.9 Å². The van der Waals surface area contributed by atoms with E-state index in [-0.39, 0.29) is 12.2 Å². The van der Waals surface area contributed by atoms with Crippen LogP contribution in [0.1, 0.15) is 19.3 Å². The van der Waals surface area contributed by atoms with Crippen LogP contribution in [0.5, 0.6) is 0 Å². The maximum atomic E-state index is 10.1. The van der Waals surface area contributed by atoms with E-state index < -0.39 is 17.9 Å². The molecule has 0 rings (SSSR count). The number of carbonyl (C=O) groups is 3. The number of aliphatic hydroxyl groups excluding tert-OH is 1. The number of hydrogen-bond acceptors (Lipinski definition) is 4. The van der Waals surface area contributed by atoms with E-state index in [1.807, 2.05) is 0 Å². The molecule has 0 radical (unpaired) electrons. The van der Waals surface area contributed by atoms with Gasteiger partial charge in [-0.25, -0.2) is 14.4 Å². The number of carboxylic acid groups (broad SMARTS) is 3. The van der Waals surface area contributed by atoms with Gasteiger partial charge in [0.1, 0.15) is 0 Å². The molecular weight excluding hydrogens is 244 g/mol. The van der Waals surface area contributed by atoms with E-state index >= 15 is 0 Å². The molecule has 0 unspecified atom stereocenters. The second-order valence-corrected chi connectivity index (χ2v) is 3.10. The Bertz CT molecular complexity index is 314. The molecule has 102 valence electrons. The van der Waals surface area contributed by atoms with Gasteiger partial charge in [-0.15, -0.1) is 0 Å². The highest BCUT2D eigenvalue weighted by molar-refractivity contribution is 5.89. The maximum absolute atomic E-state index is 10.1. The fourth-order valence-corrected chi connectivity index (χ4v) is 0.700. The molecular formula is C11H16O7. The minimum absolute atomic E-state index is 0.118. The Hall–Kier alpha value is -2.15. The molecule has 0 aromatic carbocycles. The van der Waals surface area contributed by atoms with Gasteiger partial charge < -0.3 is 20.4 Å². The van der Waals surface area contributed by atoms with E-state index in [9.17, 15) is 14.4 Å². The van der Waals surface area contributed by atoms with Gasteiger partial charge in [0.15, 0.2) is 0 Å². The third kappa shape index (κ3) is 16.3. The molecule has 0 aromatic rings. The van der Waals surface area contributed by atoms with Crippen molar-refractivity contribution in [1.29, 1.82) is 0 Å². The number of aliphatic hydroxyl groups is 1. The van der Waals surface area contributed by atoms with Gasteiger partial charge in [0.2, 0.25) is 0 Å². The van der Waals surface area contributed by atoms with Gasteiger partial charge in [-0.3, -0.25) is 0 Å². The lowest BCUT2D eigenvalue weighted by atomic mass is 10.1. The fraction of sp³-hybridized carbons (Fsp3) is 0.364. The summed E-state index contributed by atoms with van der Waals surface area (Å²) in [6.07, 6.45) is 2.93. The van der Waals surface area contributed by atoms with Gasteiger partial charge >= 0.3 is 17.9 Å². The lowest BCUT2D eigenvalue weighted by molar-refractivity contribution is -0.134. The first-order valence-corrected chi connectivity index (χ1v) is 4.97. The third-order valence-electron chi connectivity index (χ3n) is 1.56. The molecule has 7 nitrogen and oxygen atoms in total. The van der Waals surface area contributed by atoms with E-state index in [2.05, 4.69) is 6.58 Å². The van der Waals surface area contributed by atoms with Crippen molar-refractivity contribution in [3.8, 4) is 0 Å². The van der Waals surface area contributed by atoms with Crippen LogP contribution < -0.4 is 0 Å². The van der Waals surface area contributed by atoms with Crippen molar-refractivity contribution < 1.29 is 34.8 Å². The van der Waals surface area contributed by atoms with Gasteiger partial charge in [-0.1, -0.05) is 6.58 Å². The minimum Gasteiger partial charge on any atom is -0.478 e. The second kappa shape index (κ2) is 11.3. The minimum atomic E-state index is -1.26. The maximum Gasteiger partial charge on any atom is 0.330 e. The zero-order chi connectivity index (χ0) is 14.6. The van der Waals surface area contributed by atoms with E-state index in [1.165, 1.54) is 0 Å². The monoisotopic (exact) mass is 260 g/mol. The van der Waals surface area contributed by atoms with Crippen LogP contribution in [-0.2, 0) is 14.4 Å². The third-order valence-corrected chi connectivity index (χ3v) is 1.56. The number of aliphatic carboxylic acids is 3. The first-order chi connectivity index (χ1) is 8.31. The molecule has 0 saturated carbocycles. The lowest BCUT2D eigenvalue weighted by Crippen LogP contribution is -1.98. The molecule has 0 fully saturated rings. The van der Waals surface area contributed by atoms with Gasteiger partial charge in [0.05, 0.1) is 0 Å². The average Bonchev–Trinajstić information content (AvgIpc) is 2.27. The molecule has 0 aromatic heterocycles. The topological polar surface area (TPSA) is 132 Å². The number of unbranched alkanes of at least 4 members (excludes halogenated alkanes) is 1. The van der Waals surface area contributed by atoms with Crippen LogP contribution in [0.15, 0.2) is 24.3 Å². The smallest absolute Gasteiger partial charge is 0.330 e. The molecule has 4 N–H and O–H groups in total. The lowest BCUT2D eigenvalue weighted by Gasteiger charge is -1.96. The number of hydrogen-bond donors (Lipinski definition) is 4. The molecule has 0 aliphatic heterocycles. The highest BCUT2D eigenvalue weighted by atomic mass is 16.4. The van der Waals surface area contributed by atoms with Crippen LogP contribution in [-0.4, -0.2) is 44.9 Å². The SMILES string of the molecule is C=C(CCCCO)C(=O)O.O=C(O)/C=C\C(=O)O. The summed E-state index contributed by atoms with van der Waals surface area (Å²) in [5.74, 6) is -3.46. The van der Waals surface area contributed by atoms with Crippen molar-refractivity contribution in [2.24, 2.45) is 0 Å². The highest BCUT2D eigenvalue weighted by Gasteiger charge is 2.01. The molecule has 0 amide bonds. The molecule has 0 bridgehead atoms. The summed E-state index contributed by atoms with van der Waals surface area (Å²) in [4.78, 5) is 29.2. The summed E-state index contributed by atoms with van der Waals surface area (Å²) in [5.41, 5.74) is 0.216. The van der Waals surface area contributed by atoms with Crippen LogP contribution >= 0.6 is 0 Å². The van der Waals surface area contributed by atoms with Crippen LogP contribution in [0, 0.1) is 0 Å². The van der Waals surface area contributed by atoms with Crippen molar-refractivity contribution in [2.45, 2.75) is 19.3 Å². The van der Waals surface area contributed by atoms with Crippen molar-refractivity contribution in [1.82, 2.24) is 0 Å². The van der Waals surface area contributed by atoms with Gasteiger partial charge in [0, 0.05) is 24.3 Å². The zero-order valence-electron chi connectivity index (χ0n) is 9.70.